The predicted octanol–water partition coefficient (Wildman–Crippen LogP) is 2.35. The van der Waals surface area contributed by atoms with Crippen molar-refractivity contribution in [1.29, 1.82) is 0 Å². The maximum Gasteiger partial charge on any atom is 0.0192 e. The van der Waals surface area contributed by atoms with E-state index in [1.54, 1.807) is 0 Å². The van der Waals surface area contributed by atoms with Crippen LogP contribution in [0.5, 0.6) is 0 Å². The molecular weight excluding hydrogens is 184 g/mol. The highest BCUT2D eigenvalue weighted by Gasteiger charge is 2.21. The van der Waals surface area contributed by atoms with Crippen LogP contribution in [0, 0.1) is 11.8 Å². The molecule has 0 bridgehead atoms. The van der Waals surface area contributed by atoms with Crippen LogP contribution in [-0.4, -0.2) is 37.6 Å². The van der Waals surface area contributed by atoms with Gasteiger partial charge in [0.2, 0.25) is 0 Å². The average Bonchev–Trinajstić information content (AvgIpc) is 2.43. The molecule has 0 saturated carbocycles. The number of rotatable bonds is 4. The molecule has 90 valence electrons. The number of likely N-dealkylation sites (tertiary alicyclic amines) is 1. The minimum absolute atomic E-state index is 0.695. The van der Waals surface area contributed by atoms with Gasteiger partial charge in [-0.2, -0.15) is 0 Å². The Morgan fingerprint density at radius 1 is 1.20 bits per heavy atom. The Bertz CT molecular complexity index is 168. The van der Waals surface area contributed by atoms with Gasteiger partial charge in [0.05, 0.1) is 0 Å². The van der Waals surface area contributed by atoms with E-state index in [1.807, 2.05) is 7.05 Å². The van der Waals surface area contributed by atoms with Gasteiger partial charge in [0.15, 0.2) is 0 Å². The van der Waals surface area contributed by atoms with Gasteiger partial charge >= 0.3 is 0 Å². The topological polar surface area (TPSA) is 15.3 Å². The van der Waals surface area contributed by atoms with Gasteiger partial charge in [-0.15, -0.1) is 0 Å². The third-order valence-corrected chi connectivity index (χ3v) is 3.87. The van der Waals surface area contributed by atoms with E-state index >= 15 is 0 Å². The Morgan fingerprint density at radius 3 is 2.53 bits per heavy atom. The molecule has 0 aliphatic carbocycles. The first-order chi connectivity index (χ1) is 7.15. The second-order valence-electron chi connectivity index (χ2n) is 5.38. The summed E-state index contributed by atoms with van der Waals surface area (Å²) in [5.74, 6) is 1.82. The van der Waals surface area contributed by atoms with Crippen molar-refractivity contribution in [1.82, 2.24) is 10.2 Å². The van der Waals surface area contributed by atoms with Gasteiger partial charge in [0.1, 0.15) is 0 Å². The van der Waals surface area contributed by atoms with E-state index in [2.05, 4.69) is 31.0 Å². The van der Waals surface area contributed by atoms with Gasteiger partial charge in [-0.25, -0.2) is 0 Å². The van der Waals surface area contributed by atoms with Crippen LogP contribution in [0.2, 0.25) is 0 Å². The highest BCUT2D eigenvalue weighted by molar-refractivity contribution is 4.76. The smallest absolute Gasteiger partial charge is 0.0192 e. The van der Waals surface area contributed by atoms with Gasteiger partial charge in [-0.3, -0.25) is 4.90 Å². The Labute approximate surface area is 95.4 Å². The van der Waals surface area contributed by atoms with Crippen LogP contribution in [0.1, 0.15) is 40.0 Å². The first-order valence-electron chi connectivity index (χ1n) is 6.53. The average molecular weight is 212 g/mol. The molecule has 1 rings (SSSR count). The molecule has 1 saturated heterocycles. The minimum atomic E-state index is 0.695. The normalized spacial score (nSPS) is 26.6. The lowest BCUT2D eigenvalue weighted by atomic mass is 9.89. The quantitative estimate of drug-likeness (QED) is 0.769. The largest absolute Gasteiger partial charge is 0.318 e. The van der Waals surface area contributed by atoms with Crippen molar-refractivity contribution < 1.29 is 0 Å². The molecule has 0 amide bonds. The Hall–Kier alpha value is -0.0800. The molecule has 2 atom stereocenters. The molecule has 1 aliphatic heterocycles. The lowest BCUT2D eigenvalue weighted by Gasteiger charge is -2.27. The lowest BCUT2D eigenvalue weighted by molar-refractivity contribution is 0.209. The van der Waals surface area contributed by atoms with Crippen LogP contribution in [0.15, 0.2) is 0 Å². The molecule has 0 aromatic heterocycles. The maximum absolute atomic E-state index is 3.28. The van der Waals surface area contributed by atoms with Crippen molar-refractivity contribution in [3.63, 3.8) is 0 Å². The van der Waals surface area contributed by atoms with Gasteiger partial charge < -0.3 is 5.32 Å². The molecule has 1 N–H and O–H groups in total. The van der Waals surface area contributed by atoms with Crippen molar-refractivity contribution in [2.45, 2.75) is 46.1 Å². The second kappa shape index (κ2) is 6.49. The number of hydrogen-bond acceptors (Lipinski definition) is 2. The minimum Gasteiger partial charge on any atom is -0.318 e. The fraction of sp³-hybridized carbons (Fsp3) is 1.00. The molecule has 1 heterocycles. The predicted molar refractivity (Wildman–Crippen MR) is 67.1 cm³/mol. The fourth-order valence-electron chi connectivity index (χ4n) is 2.68. The summed E-state index contributed by atoms with van der Waals surface area (Å²) in [5.41, 5.74) is 0. The SMILES string of the molecule is CNCC(C)N1CCCC(C(C)C)CC1. The van der Waals surface area contributed by atoms with E-state index in [0.29, 0.717) is 6.04 Å². The van der Waals surface area contributed by atoms with Crippen LogP contribution in [0.3, 0.4) is 0 Å². The molecule has 1 aliphatic rings. The molecular formula is C13H28N2. The zero-order chi connectivity index (χ0) is 11.3. The van der Waals surface area contributed by atoms with E-state index in [-0.39, 0.29) is 0 Å². The van der Waals surface area contributed by atoms with Crippen LogP contribution in [0.25, 0.3) is 0 Å². The first kappa shape index (κ1) is 13.0. The molecule has 2 nitrogen and oxygen atoms in total. The summed E-state index contributed by atoms with van der Waals surface area (Å²) < 4.78 is 0. The van der Waals surface area contributed by atoms with Crippen LogP contribution < -0.4 is 5.32 Å². The molecule has 0 aromatic carbocycles. The monoisotopic (exact) mass is 212 g/mol. The standard InChI is InChI=1S/C13H28N2/c1-11(2)13-6-5-8-15(9-7-13)12(3)10-14-4/h11-14H,5-10H2,1-4H3. The number of nitrogens with one attached hydrogen (secondary N) is 1. The first-order valence-corrected chi connectivity index (χ1v) is 6.53. The van der Waals surface area contributed by atoms with Gasteiger partial charge in [-0.1, -0.05) is 13.8 Å². The molecule has 0 aromatic rings. The van der Waals surface area contributed by atoms with Crippen LogP contribution in [0.4, 0.5) is 0 Å². The molecule has 2 heteroatoms. The van der Waals surface area contributed by atoms with Gasteiger partial charge in [-0.05, 0) is 58.2 Å². The highest BCUT2D eigenvalue weighted by Crippen LogP contribution is 2.25. The van der Waals surface area contributed by atoms with Crippen molar-refractivity contribution in [2.24, 2.45) is 11.8 Å². The highest BCUT2D eigenvalue weighted by atomic mass is 15.2. The zero-order valence-corrected chi connectivity index (χ0v) is 10.9. The molecule has 2 unspecified atom stereocenters. The Kier molecular flexibility index (Phi) is 5.62. The third kappa shape index (κ3) is 4.12. The lowest BCUT2D eigenvalue weighted by Crippen LogP contribution is -2.40. The second-order valence-corrected chi connectivity index (χ2v) is 5.38. The summed E-state index contributed by atoms with van der Waals surface area (Å²) in [4.78, 5) is 2.65. The van der Waals surface area contributed by atoms with Crippen LogP contribution in [-0.2, 0) is 0 Å². The number of nitrogens with zero attached hydrogens (tertiary/aromatic N) is 1. The maximum atomic E-state index is 3.28. The Morgan fingerprint density at radius 2 is 1.93 bits per heavy atom. The van der Waals surface area contributed by atoms with Gasteiger partial charge in [0.25, 0.3) is 0 Å². The summed E-state index contributed by atoms with van der Waals surface area (Å²) in [6.45, 7) is 10.8. The molecule has 1 fully saturated rings. The zero-order valence-electron chi connectivity index (χ0n) is 10.9. The van der Waals surface area contributed by atoms with E-state index in [0.717, 1.165) is 18.4 Å². The summed E-state index contributed by atoms with van der Waals surface area (Å²) in [7, 11) is 2.05. The number of likely N-dealkylation sites (N-methyl/N-ethyl adjacent to an activating group) is 1. The molecule has 15 heavy (non-hydrogen) atoms. The van der Waals surface area contributed by atoms with Crippen molar-refractivity contribution in [3.05, 3.63) is 0 Å². The molecule has 0 spiro atoms. The van der Waals surface area contributed by atoms with Crippen LogP contribution >= 0.6 is 0 Å². The van der Waals surface area contributed by atoms with Crippen molar-refractivity contribution >= 4 is 0 Å². The van der Waals surface area contributed by atoms with Crippen molar-refractivity contribution in [2.75, 3.05) is 26.7 Å². The Balaban J connectivity index is 2.38. The van der Waals surface area contributed by atoms with E-state index in [9.17, 15) is 0 Å². The number of hydrogen-bond donors (Lipinski definition) is 1. The van der Waals surface area contributed by atoms with E-state index < -0.39 is 0 Å². The van der Waals surface area contributed by atoms with E-state index in [4.69, 9.17) is 0 Å². The summed E-state index contributed by atoms with van der Waals surface area (Å²) >= 11 is 0. The fourth-order valence-corrected chi connectivity index (χ4v) is 2.68. The summed E-state index contributed by atoms with van der Waals surface area (Å²) in [5, 5.41) is 3.28. The van der Waals surface area contributed by atoms with Gasteiger partial charge in [0, 0.05) is 12.6 Å². The van der Waals surface area contributed by atoms with E-state index in [1.165, 1.54) is 32.4 Å². The summed E-state index contributed by atoms with van der Waals surface area (Å²) in [6.07, 6.45) is 4.21. The van der Waals surface area contributed by atoms with Crippen molar-refractivity contribution in [3.8, 4) is 0 Å². The summed E-state index contributed by atoms with van der Waals surface area (Å²) in [6, 6.07) is 0.695. The molecule has 0 radical (unpaired) electrons. The third-order valence-electron chi connectivity index (χ3n) is 3.87.